The number of benzene rings is 3. The second kappa shape index (κ2) is 9.85. The summed E-state index contributed by atoms with van der Waals surface area (Å²) >= 11 is 1.67. The number of para-hydroxylation sites is 2. The molecule has 184 valence electrons. The predicted molar refractivity (Wildman–Crippen MR) is 144 cm³/mol. The molecule has 2 atom stereocenters. The Kier molecular flexibility index (Phi) is 6.81. The van der Waals surface area contributed by atoms with Crippen LogP contribution in [-0.2, 0) is 10.1 Å². The molecule has 35 heavy (non-hydrogen) atoms. The van der Waals surface area contributed by atoms with Gasteiger partial charge in [0.1, 0.15) is 0 Å². The van der Waals surface area contributed by atoms with Crippen LogP contribution in [0.25, 0.3) is 0 Å². The molecule has 2 unspecified atom stereocenters. The van der Waals surface area contributed by atoms with Crippen molar-refractivity contribution in [1.29, 1.82) is 0 Å². The van der Waals surface area contributed by atoms with E-state index in [9.17, 15) is 13.0 Å². The summed E-state index contributed by atoms with van der Waals surface area (Å²) in [6, 6.07) is 22.6. The molecule has 5 rings (SSSR count). The Labute approximate surface area is 212 Å². The molecule has 3 aromatic carbocycles. The first-order valence-electron chi connectivity index (χ1n) is 11.9. The van der Waals surface area contributed by atoms with Crippen LogP contribution < -0.4 is 10.2 Å². The van der Waals surface area contributed by atoms with Crippen LogP contribution in [0.1, 0.15) is 29.9 Å². The van der Waals surface area contributed by atoms with Crippen LogP contribution in [0, 0.1) is 0 Å². The summed E-state index contributed by atoms with van der Waals surface area (Å²) in [5.41, 5.74) is 5.07. The average Bonchev–Trinajstić information content (AvgIpc) is 2.85. The quantitative estimate of drug-likeness (QED) is 0.336. The van der Waals surface area contributed by atoms with Gasteiger partial charge in [0, 0.05) is 47.6 Å². The van der Waals surface area contributed by atoms with Gasteiger partial charge in [-0.05, 0) is 54.4 Å². The largest absolute Gasteiger partial charge is 0.369 e. The summed E-state index contributed by atoms with van der Waals surface area (Å²) in [5.74, 6) is -0.861. The number of anilines is 3. The van der Waals surface area contributed by atoms with Gasteiger partial charge in [-0.1, -0.05) is 55.1 Å². The van der Waals surface area contributed by atoms with E-state index >= 15 is 0 Å². The fourth-order valence-electron chi connectivity index (χ4n) is 5.00. The summed E-state index contributed by atoms with van der Waals surface area (Å²) in [7, 11) is -2.04. The third-order valence-corrected chi connectivity index (χ3v) is 9.02. The molecule has 0 aromatic heterocycles. The van der Waals surface area contributed by atoms with Crippen LogP contribution >= 0.6 is 11.8 Å². The molecule has 0 saturated carbocycles. The van der Waals surface area contributed by atoms with Gasteiger partial charge in [-0.25, -0.2) is 0 Å². The molecule has 2 aliphatic heterocycles. The van der Waals surface area contributed by atoms with Crippen LogP contribution in [0.4, 0.5) is 17.1 Å². The minimum Gasteiger partial charge on any atom is -0.369 e. The van der Waals surface area contributed by atoms with Crippen molar-refractivity contribution in [3.8, 4) is 0 Å². The molecule has 0 bridgehead atoms. The number of rotatable bonds is 6. The second-order valence-corrected chi connectivity index (χ2v) is 12.1. The third kappa shape index (κ3) is 5.35. The van der Waals surface area contributed by atoms with Crippen molar-refractivity contribution < 1.29 is 13.0 Å². The SMILES string of the molecule is CC(c1ccc(N2CCN(C)CC2)cc1)C(CS(=O)(=O)O)c1cccc2c1Nc1ccccc1S2. The van der Waals surface area contributed by atoms with Crippen LogP contribution in [0.2, 0.25) is 0 Å². The van der Waals surface area contributed by atoms with Gasteiger partial charge >= 0.3 is 0 Å². The molecule has 0 aliphatic carbocycles. The van der Waals surface area contributed by atoms with Crippen molar-refractivity contribution in [1.82, 2.24) is 4.90 Å². The van der Waals surface area contributed by atoms with Crippen LogP contribution in [0.5, 0.6) is 0 Å². The maximum Gasteiger partial charge on any atom is 0.265 e. The molecule has 2 N–H and O–H groups in total. The minimum atomic E-state index is -4.19. The van der Waals surface area contributed by atoms with Gasteiger partial charge in [-0.15, -0.1) is 0 Å². The van der Waals surface area contributed by atoms with Crippen LogP contribution in [0.15, 0.2) is 76.5 Å². The minimum absolute atomic E-state index is 0.117. The Morgan fingerprint density at radius 3 is 2.34 bits per heavy atom. The summed E-state index contributed by atoms with van der Waals surface area (Å²) < 4.78 is 34.1. The lowest BCUT2D eigenvalue weighted by Gasteiger charge is -2.34. The van der Waals surface area contributed by atoms with E-state index in [2.05, 4.69) is 52.5 Å². The Hall–Kier alpha value is -2.52. The van der Waals surface area contributed by atoms with E-state index < -0.39 is 16.0 Å². The third-order valence-electron chi connectivity index (χ3n) is 7.11. The van der Waals surface area contributed by atoms with Gasteiger partial charge in [-0.3, -0.25) is 4.55 Å². The fourth-order valence-corrected chi connectivity index (χ4v) is 6.96. The molecule has 8 heteroatoms. The Morgan fingerprint density at radius 2 is 1.63 bits per heavy atom. The highest BCUT2D eigenvalue weighted by atomic mass is 32.2. The molecule has 1 fully saturated rings. The highest BCUT2D eigenvalue weighted by molar-refractivity contribution is 7.99. The monoisotopic (exact) mass is 509 g/mol. The molecular weight excluding hydrogens is 478 g/mol. The maximum atomic E-state index is 12.1. The summed E-state index contributed by atoms with van der Waals surface area (Å²) in [6.07, 6.45) is 0. The first-order chi connectivity index (χ1) is 16.8. The molecule has 2 heterocycles. The first-order valence-corrected chi connectivity index (χ1v) is 14.4. The number of fused-ring (bicyclic) bond motifs is 2. The normalized spacial score (nSPS) is 17.7. The lowest BCUT2D eigenvalue weighted by molar-refractivity contribution is 0.313. The number of piperazine rings is 1. The number of hydrogen-bond acceptors (Lipinski definition) is 6. The lowest BCUT2D eigenvalue weighted by Crippen LogP contribution is -2.44. The topological polar surface area (TPSA) is 72.9 Å². The van der Waals surface area contributed by atoms with E-state index in [0.29, 0.717) is 0 Å². The first kappa shape index (κ1) is 24.2. The fraction of sp³-hybridized carbons (Fsp3) is 0.333. The van der Waals surface area contributed by atoms with Crippen molar-refractivity contribution in [3.63, 3.8) is 0 Å². The van der Waals surface area contributed by atoms with Crippen LogP contribution in [-0.4, -0.2) is 56.9 Å². The standard InChI is InChI=1S/C27H31N3O3S2/c1-19(20-10-12-21(13-11-20)30-16-14-29(2)15-17-30)23(18-35(31,32)33)22-6-5-9-26-27(22)28-24-7-3-4-8-25(24)34-26/h3-13,19,23,28H,14-18H2,1-2H3,(H,31,32,33). The second-order valence-electron chi connectivity index (χ2n) is 9.47. The van der Waals surface area contributed by atoms with Crippen molar-refractivity contribution in [2.75, 3.05) is 49.2 Å². The van der Waals surface area contributed by atoms with Gasteiger partial charge in [-0.2, -0.15) is 8.42 Å². The zero-order chi connectivity index (χ0) is 24.6. The zero-order valence-electron chi connectivity index (χ0n) is 20.0. The number of nitrogens with one attached hydrogen (secondary N) is 1. The molecular formula is C27H31N3O3S2. The molecule has 3 aromatic rings. The highest BCUT2D eigenvalue weighted by Gasteiger charge is 2.30. The van der Waals surface area contributed by atoms with E-state index in [1.165, 1.54) is 5.69 Å². The van der Waals surface area contributed by atoms with E-state index in [-0.39, 0.29) is 11.7 Å². The smallest absolute Gasteiger partial charge is 0.265 e. The van der Waals surface area contributed by atoms with Gasteiger partial charge in [0.15, 0.2) is 0 Å². The molecule has 6 nitrogen and oxygen atoms in total. The lowest BCUT2D eigenvalue weighted by atomic mass is 9.83. The van der Waals surface area contributed by atoms with Crippen molar-refractivity contribution in [2.45, 2.75) is 28.6 Å². The van der Waals surface area contributed by atoms with Gasteiger partial charge < -0.3 is 15.1 Å². The van der Waals surface area contributed by atoms with E-state index in [1.807, 2.05) is 43.3 Å². The Bertz CT molecular complexity index is 1300. The highest BCUT2D eigenvalue weighted by Crippen LogP contribution is 2.48. The summed E-state index contributed by atoms with van der Waals surface area (Å²) in [5, 5.41) is 3.53. The van der Waals surface area contributed by atoms with Crippen molar-refractivity contribution in [2.24, 2.45) is 0 Å². The molecule has 0 radical (unpaired) electrons. The van der Waals surface area contributed by atoms with Crippen molar-refractivity contribution >= 4 is 38.9 Å². The van der Waals surface area contributed by atoms with Gasteiger partial charge in [0.05, 0.1) is 17.1 Å². The Balaban J connectivity index is 1.46. The number of nitrogens with zero attached hydrogens (tertiary/aromatic N) is 2. The predicted octanol–water partition coefficient (Wildman–Crippen LogP) is 5.42. The van der Waals surface area contributed by atoms with E-state index in [1.54, 1.807) is 11.8 Å². The molecule has 2 aliphatic rings. The van der Waals surface area contributed by atoms with Crippen LogP contribution in [0.3, 0.4) is 0 Å². The zero-order valence-corrected chi connectivity index (χ0v) is 21.6. The average molecular weight is 510 g/mol. The summed E-state index contributed by atoms with van der Waals surface area (Å²) in [6.45, 7) is 6.13. The summed E-state index contributed by atoms with van der Waals surface area (Å²) in [4.78, 5) is 6.91. The molecule has 0 spiro atoms. The van der Waals surface area contributed by atoms with Crippen molar-refractivity contribution in [3.05, 3.63) is 77.9 Å². The Morgan fingerprint density at radius 1 is 0.943 bits per heavy atom. The van der Waals surface area contributed by atoms with E-state index in [0.717, 1.165) is 58.5 Å². The maximum absolute atomic E-state index is 12.1. The number of likely N-dealkylation sites (N-methyl/N-ethyl adjacent to an activating group) is 1. The van der Waals surface area contributed by atoms with Gasteiger partial charge in [0.2, 0.25) is 0 Å². The number of hydrogen-bond donors (Lipinski definition) is 2. The molecule has 0 amide bonds. The van der Waals surface area contributed by atoms with E-state index in [4.69, 9.17) is 0 Å². The molecule has 1 saturated heterocycles. The van der Waals surface area contributed by atoms with Gasteiger partial charge in [0.25, 0.3) is 10.1 Å².